The van der Waals surface area contributed by atoms with Crippen LogP contribution < -0.4 is 4.74 Å². The molecule has 0 radical (unpaired) electrons. The number of halogens is 3. The lowest BCUT2D eigenvalue weighted by Gasteiger charge is -2.08. The van der Waals surface area contributed by atoms with Crippen molar-refractivity contribution in [2.75, 3.05) is 0 Å². The second-order valence-corrected chi connectivity index (χ2v) is 3.04. The molecule has 0 spiro atoms. The Bertz CT molecular complexity index is 391. The van der Waals surface area contributed by atoms with Crippen LogP contribution in [-0.2, 0) is 4.79 Å². The van der Waals surface area contributed by atoms with Gasteiger partial charge in [-0.05, 0) is 12.1 Å². The summed E-state index contributed by atoms with van der Waals surface area (Å²) in [5.41, 5.74) is -0.380. The van der Waals surface area contributed by atoms with Crippen LogP contribution >= 0.6 is 11.6 Å². The van der Waals surface area contributed by atoms with Crippen LogP contribution in [0.1, 0.15) is 12.0 Å². The second kappa shape index (κ2) is 4.89. The summed E-state index contributed by atoms with van der Waals surface area (Å²) in [6.45, 7) is 3.16. The van der Waals surface area contributed by atoms with Crippen LogP contribution in [0, 0.1) is 0 Å². The number of benzene rings is 1. The van der Waals surface area contributed by atoms with Crippen LogP contribution in [-0.4, -0.2) is 5.97 Å². The zero-order chi connectivity index (χ0) is 11.4. The van der Waals surface area contributed by atoms with Crippen molar-refractivity contribution in [3.05, 3.63) is 41.4 Å². The standard InChI is InChI=1S/C10H7ClF2O2/c1-2-9(14)15-8-5-6(11)3-4-7(8)10(12)13/h2-5,10H,1H2. The molecule has 0 N–H and O–H groups in total. The van der Waals surface area contributed by atoms with Gasteiger partial charge >= 0.3 is 5.97 Å². The first-order valence-electron chi connectivity index (χ1n) is 3.96. The molecule has 15 heavy (non-hydrogen) atoms. The van der Waals surface area contributed by atoms with Crippen LogP contribution in [0.3, 0.4) is 0 Å². The molecule has 1 aromatic carbocycles. The molecule has 0 amide bonds. The number of hydrogen-bond acceptors (Lipinski definition) is 2. The summed E-state index contributed by atoms with van der Waals surface area (Å²) in [6.07, 6.45) is -1.84. The average molecular weight is 233 g/mol. The predicted octanol–water partition coefficient (Wildman–Crippen LogP) is 3.37. The van der Waals surface area contributed by atoms with E-state index in [4.69, 9.17) is 11.6 Å². The molecule has 0 bridgehead atoms. The third-order valence-corrected chi connectivity index (χ3v) is 1.82. The lowest BCUT2D eigenvalue weighted by Crippen LogP contribution is -2.05. The Kier molecular flexibility index (Phi) is 3.80. The van der Waals surface area contributed by atoms with Gasteiger partial charge in [0.05, 0.1) is 5.56 Å². The van der Waals surface area contributed by atoms with E-state index in [1.54, 1.807) is 0 Å². The molecule has 0 saturated carbocycles. The summed E-state index contributed by atoms with van der Waals surface area (Å²) in [6, 6.07) is 3.57. The summed E-state index contributed by atoms with van der Waals surface area (Å²) in [7, 11) is 0. The fourth-order valence-corrected chi connectivity index (χ4v) is 1.09. The maximum absolute atomic E-state index is 12.5. The monoisotopic (exact) mass is 232 g/mol. The molecule has 0 unspecified atom stereocenters. The van der Waals surface area contributed by atoms with Crippen molar-refractivity contribution in [1.29, 1.82) is 0 Å². The van der Waals surface area contributed by atoms with Crippen molar-refractivity contribution in [1.82, 2.24) is 0 Å². The minimum Gasteiger partial charge on any atom is -0.423 e. The summed E-state index contributed by atoms with van der Waals surface area (Å²) in [5.74, 6) is -1.05. The zero-order valence-corrected chi connectivity index (χ0v) is 8.30. The Labute approximate surface area is 90.1 Å². The Morgan fingerprint density at radius 2 is 2.20 bits per heavy atom. The Morgan fingerprint density at radius 3 is 2.73 bits per heavy atom. The molecule has 2 nitrogen and oxygen atoms in total. The quantitative estimate of drug-likeness (QED) is 0.454. The van der Waals surface area contributed by atoms with Crippen LogP contribution in [0.25, 0.3) is 0 Å². The van der Waals surface area contributed by atoms with E-state index in [0.29, 0.717) is 0 Å². The molecule has 0 saturated heterocycles. The highest BCUT2D eigenvalue weighted by Gasteiger charge is 2.15. The maximum Gasteiger partial charge on any atom is 0.335 e. The van der Waals surface area contributed by atoms with Crippen LogP contribution in [0.15, 0.2) is 30.9 Å². The van der Waals surface area contributed by atoms with Crippen molar-refractivity contribution in [2.45, 2.75) is 6.43 Å². The highest BCUT2D eigenvalue weighted by molar-refractivity contribution is 6.30. The van der Waals surface area contributed by atoms with Gasteiger partial charge in [0.25, 0.3) is 6.43 Å². The molecular weight excluding hydrogens is 226 g/mol. The molecule has 0 aromatic heterocycles. The van der Waals surface area contributed by atoms with E-state index in [-0.39, 0.29) is 16.3 Å². The Balaban J connectivity index is 3.07. The van der Waals surface area contributed by atoms with Gasteiger partial charge in [0.2, 0.25) is 0 Å². The van der Waals surface area contributed by atoms with E-state index in [0.717, 1.165) is 18.2 Å². The lowest BCUT2D eigenvalue weighted by molar-refractivity contribution is -0.129. The number of carbonyl (C=O) groups excluding carboxylic acids is 1. The summed E-state index contributed by atoms with van der Waals surface area (Å²) >= 11 is 5.59. The van der Waals surface area contributed by atoms with Crippen molar-refractivity contribution >= 4 is 17.6 Å². The number of carbonyl (C=O) groups is 1. The molecule has 1 rings (SSSR count). The number of rotatable bonds is 3. The molecule has 0 fully saturated rings. The molecular formula is C10H7ClF2O2. The van der Waals surface area contributed by atoms with Crippen LogP contribution in [0.5, 0.6) is 5.75 Å². The predicted molar refractivity (Wildman–Crippen MR) is 52.2 cm³/mol. The number of esters is 1. The molecule has 0 aliphatic carbocycles. The first-order valence-corrected chi connectivity index (χ1v) is 4.34. The van der Waals surface area contributed by atoms with E-state index < -0.39 is 12.4 Å². The van der Waals surface area contributed by atoms with Gasteiger partial charge in [0.1, 0.15) is 5.75 Å². The smallest absolute Gasteiger partial charge is 0.335 e. The van der Waals surface area contributed by atoms with E-state index in [9.17, 15) is 13.6 Å². The Hall–Kier alpha value is -1.42. The number of alkyl halides is 2. The maximum atomic E-state index is 12.5. The van der Waals surface area contributed by atoms with Gasteiger partial charge in [-0.25, -0.2) is 13.6 Å². The second-order valence-electron chi connectivity index (χ2n) is 2.61. The molecule has 1 aromatic rings. The fraction of sp³-hybridized carbons (Fsp3) is 0.100. The van der Waals surface area contributed by atoms with Gasteiger partial charge in [0.15, 0.2) is 0 Å². The molecule has 80 valence electrons. The minimum atomic E-state index is -2.73. The van der Waals surface area contributed by atoms with Gasteiger partial charge < -0.3 is 4.74 Å². The fourth-order valence-electron chi connectivity index (χ4n) is 0.927. The largest absolute Gasteiger partial charge is 0.423 e. The summed E-state index contributed by atoms with van der Waals surface area (Å²) < 4.78 is 29.5. The highest BCUT2D eigenvalue weighted by atomic mass is 35.5. The van der Waals surface area contributed by atoms with Crippen molar-refractivity contribution in [2.24, 2.45) is 0 Å². The minimum absolute atomic E-state index is 0.214. The number of hydrogen-bond donors (Lipinski definition) is 0. The third-order valence-electron chi connectivity index (χ3n) is 1.59. The van der Waals surface area contributed by atoms with Crippen molar-refractivity contribution in [3.8, 4) is 5.75 Å². The van der Waals surface area contributed by atoms with Gasteiger partial charge in [-0.15, -0.1) is 0 Å². The van der Waals surface area contributed by atoms with Crippen LogP contribution in [0.2, 0.25) is 5.02 Å². The third kappa shape index (κ3) is 3.02. The normalized spacial score (nSPS) is 10.1. The van der Waals surface area contributed by atoms with Crippen molar-refractivity contribution < 1.29 is 18.3 Å². The molecule has 0 heterocycles. The summed E-state index contributed by atoms with van der Waals surface area (Å²) in [4.78, 5) is 10.8. The molecule has 0 atom stereocenters. The lowest BCUT2D eigenvalue weighted by atomic mass is 10.2. The van der Waals surface area contributed by atoms with E-state index in [2.05, 4.69) is 11.3 Å². The SMILES string of the molecule is C=CC(=O)Oc1cc(Cl)ccc1C(F)F. The first-order chi connectivity index (χ1) is 7.04. The highest BCUT2D eigenvalue weighted by Crippen LogP contribution is 2.31. The molecule has 0 aliphatic heterocycles. The first kappa shape index (κ1) is 11.7. The van der Waals surface area contributed by atoms with Crippen LogP contribution in [0.4, 0.5) is 8.78 Å². The van der Waals surface area contributed by atoms with Gasteiger partial charge in [-0.3, -0.25) is 0 Å². The van der Waals surface area contributed by atoms with Gasteiger partial charge in [-0.1, -0.05) is 18.2 Å². The van der Waals surface area contributed by atoms with Gasteiger partial charge in [0, 0.05) is 17.2 Å². The zero-order valence-electron chi connectivity index (χ0n) is 7.54. The van der Waals surface area contributed by atoms with Gasteiger partial charge in [-0.2, -0.15) is 0 Å². The topological polar surface area (TPSA) is 26.3 Å². The van der Waals surface area contributed by atoms with E-state index in [1.165, 1.54) is 6.07 Å². The van der Waals surface area contributed by atoms with Crippen molar-refractivity contribution in [3.63, 3.8) is 0 Å². The molecule has 5 heteroatoms. The van der Waals surface area contributed by atoms with E-state index >= 15 is 0 Å². The Morgan fingerprint density at radius 1 is 1.53 bits per heavy atom. The summed E-state index contributed by atoms with van der Waals surface area (Å²) in [5, 5.41) is 0.214. The van der Waals surface area contributed by atoms with E-state index in [1.807, 2.05) is 0 Å². The number of ether oxygens (including phenoxy) is 1. The average Bonchev–Trinajstić information content (AvgIpc) is 2.17. The molecule has 0 aliphatic rings.